The van der Waals surface area contributed by atoms with Crippen molar-refractivity contribution in [2.24, 2.45) is 0 Å². The van der Waals surface area contributed by atoms with Crippen LogP contribution in [0.5, 0.6) is 0 Å². The lowest BCUT2D eigenvalue weighted by Gasteiger charge is -2.35. The van der Waals surface area contributed by atoms with Gasteiger partial charge in [-0.3, -0.25) is 9.59 Å². The highest BCUT2D eigenvalue weighted by Crippen LogP contribution is 2.26. The predicted molar refractivity (Wildman–Crippen MR) is 114 cm³/mol. The molecule has 1 saturated heterocycles. The highest BCUT2D eigenvalue weighted by molar-refractivity contribution is 7.92. The lowest BCUT2D eigenvalue weighted by Crippen LogP contribution is -2.49. The molecular formula is C21H29N3O5S. The number of hydrogen-bond acceptors (Lipinski definition) is 5. The third-order valence-corrected chi connectivity index (χ3v) is 6.70. The van der Waals surface area contributed by atoms with Crippen LogP contribution in [-0.2, 0) is 30.7 Å². The number of amides is 2. The highest BCUT2D eigenvalue weighted by atomic mass is 32.2. The molecule has 8 nitrogen and oxygen atoms in total. The fourth-order valence-electron chi connectivity index (χ4n) is 3.78. The Labute approximate surface area is 177 Å². The monoisotopic (exact) mass is 435 g/mol. The molecule has 9 heteroatoms. The first-order chi connectivity index (χ1) is 14.2. The first kappa shape index (κ1) is 22.3. The largest absolute Gasteiger partial charge is 0.372 e. The van der Waals surface area contributed by atoms with Crippen molar-refractivity contribution in [3.63, 3.8) is 0 Å². The van der Waals surface area contributed by atoms with Crippen LogP contribution in [0.1, 0.15) is 27.2 Å². The molecule has 164 valence electrons. The zero-order valence-electron chi connectivity index (χ0n) is 17.6. The van der Waals surface area contributed by atoms with Crippen molar-refractivity contribution in [1.82, 2.24) is 14.8 Å². The van der Waals surface area contributed by atoms with Crippen LogP contribution in [0.3, 0.4) is 0 Å². The first-order valence-corrected chi connectivity index (χ1v) is 11.9. The Morgan fingerprint density at radius 3 is 2.50 bits per heavy atom. The SMILES string of the molecule is CCCNC(=O)CS(=O)(=O)c1cn(CC(=O)N2C[C@@H](C)O[C@H](C)C2)c2ccccc12. The number of benzene rings is 1. The predicted octanol–water partition coefficient (Wildman–Crippen LogP) is 1.58. The molecule has 1 aliphatic heterocycles. The number of rotatable bonds is 7. The first-order valence-electron chi connectivity index (χ1n) is 10.2. The van der Waals surface area contributed by atoms with E-state index in [-0.39, 0.29) is 29.6 Å². The van der Waals surface area contributed by atoms with Crippen molar-refractivity contribution >= 4 is 32.6 Å². The summed E-state index contributed by atoms with van der Waals surface area (Å²) in [4.78, 5) is 26.7. The fourth-order valence-corrected chi connectivity index (χ4v) is 5.18. The molecule has 1 aromatic heterocycles. The van der Waals surface area contributed by atoms with Crippen LogP contribution in [0.15, 0.2) is 35.4 Å². The third-order valence-electron chi connectivity index (χ3n) is 5.06. The number of aromatic nitrogens is 1. The van der Waals surface area contributed by atoms with Gasteiger partial charge in [-0.2, -0.15) is 0 Å². The summed E-state index contributed by atoms with van der Waals surface area (Å²) in [7, 11) is -3.85. The van der Waals surface area contributed by atoms with Crippen molar-refractivity contribution in [1.29, 1.82) is 0 Å². The minimum atomic E-state index is -3.85. The Bertz CT molecular complexity index is 1020. The van der Waals surface area contributed by atoms with E-state index in [2.05, 4.69) is 5.32 Å². The summed E-state index contributed by atoms with van der Waals surface area (Å²) in [6, 6.07) is 7.03. The minimum Gasteiger partial charge on any atom is -0.372 e. The number of sulfone groups is 1. The number of nitrogens with one attached hydrogen (secondary N) is 1. The van der Waals surface area contributed by atoms with E-state index >= 15 is 0 Å². The number of fused-ring (bicyclic) bond motifs is 1. The molecule has 3 rings (SSSR count). The van der Waals surface area contributed by atoms with Crippen LogP contribution in [0, 0.1) is 0 Å². The van der Waals surface area contributed by atoms with Crippen LogP contribution < -0.4 is 5.32 Å². The second-order valence-corrected chi connectivity index (χ2v) is 9.76. The summed E-state index contributed by atoms with van der Waals surface area (Å²) < 4.78 is 33.2. The van der Waals surface area contributed by atoms with Crippen molar-refractivity contribution in [2.45, 2.75) is 50.8 Å². The summed E-state index contributed by atoms with van der Waals surface area (Å²) in [5.74, 6) is -1.24. The van der Waals surface area contributed by atoms with Gasteiger partial charge in [0.1, 0.15) is 12.3 Å². The smallest absolute Gasteiger partial charge is 0.242 e. The average molecular weight is 436 g/mol. The molecule has 2 heterocycles. The molecule has 0 saturated carbocycles. The highest BCUT2D eigenvalue weighted by Gasteiger charge is 2.28. The molecule has 2 amide bonds. The van der Waals surface area contributed by atoms with Gasteiger partial charge in [-0.05, 0) is 26.3 Å². The molecule has 0 unspecified atom stereocenters. The van der Waals surface area contributed by atoms with E-state index in [1.807, 2.05) is 20.8 Å². The maximum atomic E-state index is 12.9. The molecule has 0 bridgehead atoms. The zero-order valence-corrected chi connectivity index (χ0v) is 18.4. The quantitative estimate of drug-likeness (QED) is 0.712. The molecular weight excluding hydrogens is 406 g/mol. The number of hydrogen-bond donors (Lipinski definition) is 1. The average Bonchev–Trinajstić information content (AvgIpc) is 3.05. The van der Waals surface area contributed by atoms with E-state index in [1.54, 1.807) is 33.7 Å². The van der Waals surface area contributed by atoms with Crippen LogP contribution in [0.25, 0.3) is 10.9 Å². The molecule has 2 aromatic rings. The van der Waals surface area contributed by atoms with E-state index in [0.29, 0.717) is 30.5 Å². The molecule has 1 fully saturated rings. The second-order valence-electron chi connectivity index (χ2n) is 7.80. The summed E-state index contributed by atoms with van der Waals surface area (Å²) in [5.41, 5.74) is 0.646. The molecule has 0 radical (unpaired) electrons. The zero-order chi connectivity index (χ0) is 21.9. The van der Waals surface area contributed by atoms with Gasteiger partial charge in [-0.15, -0.1) is 0 Å². The van der Waals surface area contributed by atoms with E-state index in [1.165, 1.54) is 6.20 Å². The molecule has 2 atom stereocenters. The second kappa shape index (κ2) is 9.18. The number of carbonyl (C=O) groups excluding carboxylic acids is 2. The molecule has 0 spiro atoms. The van der Waals surface area contributed by atoms with Gasteiger partial charge in [0, 0.05) is 36.7 Å². The van der Waals surface area contributed by atoms with E-state index in [9.17, 15) is 18.0 Å². The van der Waals surface area contributed by atoms with Gasteiger partial charge in [0.2, 0.25) is 11.8 Å². The van der Waals surface area contributed by atoms with Gasteiger partial charge in [0.25, 0.3) is 0 Å². The van der Waals surface area contributed by atoms with Crippen molar-refractivity contribution in [3.8, 4) is 0 Å². The van der Waals surface area contributed by atoms with Crippen LogP contribution in [0.4, 0.5) is 0 Å². The summed E-state index contributed by atoms with van der Waals surface area (Å²) >= 11 is 0. The number of carbonyl (C=O) groups is 2. The van der Waals surface area contributed by atoms with E-state index < -0.39 is 21.5 Å². The Kier molecular flexibility index (Phi) is 6.82. The maximum Gasteiger partial charge on any atom is 0.242 e. The van der Waals surface area contributed by atoms with Gasteiger partial charge < -0.3 is 19.5 Å². The summed E-state index contributed by atoms with van der Waals surface area (Å²) in [5, 5.41) is 3.11. The van der Waals surface area contributed by atoms with Gasteiger partial charge >= 0.3 is 0 Å². The maximum absolute atomic E-state index is 12.9. The van der Waals surface area contributed by atoms with Crippen LogP contribution in [-0.4, -0.2) is 67.3 Å². The third kappa shape index (κ3) is 5.02. The molecule has 1 aliphatic rings. The number of nitrogens with zero attached hydrogens (tertiary/aromatic N) is 2. The van der Waals surface area contributed by atoms with Gasteiger partial charge in [0.05, 0.1) is 17.1 Å². The lowest BCUT2D eigenvalue weighted by atomic mass is 10.2. The van der Waals surface area contributed by atoms with Crippen molar-refractivity contribution in [2.75, 3.05) is 25.4 Å². The van der Waals surface area contributed by atoms with Gasteiger partial charge in [-0.1, -0.05) is 25.1 Å². The Morgan fingerprint density at radius 2 is 1.83 bits per heavy atom. The number of morpholine rings is 1. The van der Waals surface area contributed by atoms with Gasteiger partial charge in [-0.25, -0.2) is 8.42 Å². The molecule has 1 N–H and O–H groups in total. The van der Waals surface area contributed by atoms with Crippen LogP contribution >= 0.6 is 0 Å². The van der Waals surface area contributed by atoms with E-state index in [4.69, 9.17) is 4.74 Å². The Balaban J connectivity index is 1.87. The molecule has 30 heavy (non-hydrogen) atoms. The fraction of sp³-hybridized carbons (Fsp3) is 0.524. The number of para-hydroxylation sites is 1. The normalized spacial score (nSPS) is 19.8. The van der Waals surface area contributed by atoms with E-state index in [0.717, 1.165) is 6.42 Å². The lowest BCUT2D eigenvalue weighted by molar-refractivity contribution is -0.143. The standard InChI is InChI=1S/C21H29N3O5S/c1-4-9-22-20(25)14-30(27,28)19-12-23(18-8-6-5-7-17(18)19)13-21(26)24-10-15(2)29-16(3)11-24/h5-8,12,15-16H,4,9-11,13-14H2,1-3H3,(H,22,25)/t15-,16-/m1/s1. The molecule has 1 aromatic carbocycles. The van der Waals surface area contributed by atoms with Gasteiger partial charge in [0.15, 0.2) is 9.84 Å². The minimum absolute atomic E-state index is 0.0253. The van der Waals surface area contributed by atoms with Crippen molar-refractivity contribution < 1.29 is 22.7 Å². The topological polar surface area (TPSA) is 97.7 Å². The number of ether oxygens (including phenoxy) is 1. The molecule has 0 aliphatic carbocycles. The summed E-state index contributed by atoms with van der Waals surface area (Å²) in [6.07, 6.45) is 2.11. The Hall–Kier alpha value is -2.39. The van der Waals surface area contributed by atoms with Crippen molar-refractivity contribution in [3.05, 3.63) is 30.5 Å². The Morgan fingerprint density at radius 1 is 1.17 bits per heavy atom. The van der Waals surface area contributed by atoms with Crippen LogP contribution in [0.2, 0.25) is 0 Å². The summed E-state index contributed by atoms with van der Waals surface area (Å²) in [6.45, 7) is 7.22.